The lowest BCUT2D eigenvalue weighted by Crippen LogP contribution is -2.41. The Balaban J connectivity index is 2.45. The molecule has 9 heteroatoms. The molecule has 1 saturated heterocycles. The van der Waals surface area contributed by atoms with Gasteiger partial charge in [-0.1, -0.05) is 0 Å². The second-order valence-electron chi connectivity index (χ2n) is 4.55. The summed E-state index contributed by atoms with van der Waals surface area (Å²) in [7, 11) is -3.71. The Morgan fingerprint density at radius 2 is 1.79 bits per heavy atom. The maximum absolute atomic E-state index is 11.9. The van der Waals surface area contributed by atoms with Gasteiger partial charge in [-0.3, -0.25) is 4.79 Å². The summed E-state index contributed by atoms with van der Waals surface area (Å²) in [5, 5.41) is 8.77. The Bertz CT molecular complexity index is 413. The molecule has 1 heterocycles. The lowest BCUT2D eigenvalue weighted by molar-refractivity contribution is -0.143. The first kappa shape index (κ1) is 16.2. The van der Waals surface area contributed by atoms with Crippen LogP contribution in [0.4, 0.5) is 13.2 Å². The largest absolute Gasteiger partial charge is 0.481 e. The highest BCUT2D eigenvalue weighted by Crippen LogP contribution is 2.24. The Morgan fingerprint density at radius 3 is 2.21 bits per heavy atom. The molecule has 0 unspecified atom stereocenters. The molecule has 5 nitrogen and oxygen atoms in total. The van der Waals surface area contributed by atoms with Crippen molar-refractivity contribution in [2.75, 3.05) is 18.8 Å². The number of hydrogen-bond acceptors (Lipinski definition) is 3. The number of nitrogens with zero attached hydrogens (tertiary/aromatic N) is 1. The van der Waals surface area contributed by atoms with Gasteiger partial charge in [-0.2, -0.15) is 13.2 Å². The van der Waals surface area contributed by atoms with Gasteiger partial charge in [0.15, 0.2) is 0 Å². The van der Waals surface area contributed by atoms with Crippen molar-refractivity contribution in [3.63, 3.8) is 0 Å². The van der Waals surface area contributed by atoms with E-state index in [0.29, 0.717) is 0 Å². The molecule has 112 valence electrons. The summed E-state index contributed by atoms with van der Waals surface area (Å²) in [6.07, 6.45) is -5.55. The van der Waals surface area contributed by atoms with Crippen LogP contribution < -0.4 is 0 Å². The molecule has 0 amide bonds. The molecule has 19 heavy (non-hydrogen) atoms. The van der Waals surface area contributed by atoms with Crippen LogP contribution in [-0.2, 0) is 14.8 Å². The van der Waals surface area contributed by atoms with Crippen molar-refractivity contribution >= 4 is 16.0 Å². The van der Waals surface area contributed by atoms with Gasteiger partial charge in [0.25, 0.3) is 0 Å². The van der Waals surface area contributed by atoms with Crippen molar-refractivity contribution in [2.45, 2.75) is 31.9 Å². The monoisotopic (exact) mass is 303 g/mol. The first-order valence-corrected chi connectivity index (χ1v) is 7.50. The van der Waals surface area contributed by atoms with Gasteiger partial charge in [-0.25, -0.2) is 12.7 Å². The molecule has 0 aromatic carbocycles. The summed E-state index contributed by atoms with van der Waals surface area (Å²) in [6.45, 7) is 0.122. The van der Waals surface area contributed by atoms with Crippen LogP contribution in [0.1, 0.15) is 25.7 Å². The standard InChI is InChI=1S/C10H16F3NO4S/c11-10(12,13)4-1-7-19(17,18)14-5-2-8(3-6-14)9(15)16/h8H,1-7H2,(H,15,16). The number of sulfonamides is 1. The van der Waals surface area contributed by atoms with Gasteiger partial charge in [0.2, 0.25) is 10.0 Å². The molecular formula is C10H16F3NO4S. The van der Waals surface area contributed by atoms with Gasteiger partial charge in [-0.15, -0.1) is 0 Å². The van der Waals surface area contributed by atoms with Crippen LogP contribution in [0, 0.1) is 5.92 Å². The molecule has 0 aromatic rings. The van der Waals surface area contributed by atoms with Crippen molar-refractivity contribution in [2.24, 2.45) is 5.92 Å². The summed E-state index contributed by atoms with van der Waals surface area (Å²) >= 11 is 0. The minimum absolute atomic E-state index is 0.0608. The van der Waals surface area contributed by atoms with Crippen LogP contribution in [0.3, 0.4) is 0 Å². The van der Waals surface area contributed by atoms with Crippen LogP contribution in [0.25, 0.3) is 0 Å². The van der Waals surface area contributed by atoms with Crippen LogP contribution in [0.15, 0.2) is 0 Å². The molecule has 0 radical (unpaired) electrons. The van der Waals surface area contributed by atoms with Crippen molar-refractivity contribution in [3.05, 3.63) is 0 Å². The van der Waals surface area contributed by atoms with E-state index in [1.54, 1.807) is 0 Å². The summed E-state index contributed by atoms with van der Waals surface area (Å²) in [5.41, 5.74) is 0. The molecule has 1 rings (SSSR count). The van der Waals surface area contributed by atoms with E-state index in [9.17, 15) is 26.4 Å². The van der Waals surface area contributed by atoms with E-state index in [2.05, 4.69) is 0 Å². The smallest absolute Gasteiger partial charge is 0.389 e. The number of carboxylic acids is 1. The number of hydrogen-bond donors (Lipinski definition) is 1. The fraction of sp³-hybridized carbons (Fsp3) is 0.900. The number of carboxylic acid groups (broad SMARTS) is 1. The van der Waals surface area contributed by atoms with Crippen molar-refractivity contribution < 1.29 is 31.5 Å². The minimum Gasteiger partial charge on any atom is -0.481 e. The molecule has 0 saturated carbocycles. The van der Waals surface area contributed by atoms with Gasteiger partial charge >= 0.3 is 12.1 Å². The average Bonchev–Trinajstić information content (AvgIpc) is 2.27. The predicted molar refractivity (Wildman–Crippen MR) is 61.0 cm³/mol. The second kappa shape index (κ2) is 6.08. The van der Waals surface area contributed by atoms with Crippen molar-refractivity contribution in [1.82, 2.24) is 4.31 Å². The maximum Gasteiger partial charge on any atom is 0.389 e. The minimum atomic E-state index is -4.36. The topological polar surface area (TPSA) is 74.7 Å². The summed E-state index contributed by atoms with van der Waals surface area (Å²) in [4.78, 5) is 10.7. The maximum atomic E-state index is 11.9. The molecule has 1 N–H and O–H groups in total. The van der Waals surface area contributed by atoms with Crippen LogP contribution >= 0.6 is 0 Å². The lowest BCUT2D eigenvalue weighted by Gasteiger charge is -2.29. The number of halogens is 3. The molecule has 0 bridgehead atoms. The van der Waals surface area contributed by atoms with Gasteiger partial charge in [0.05, 0.1) is 11.7 Å². The molecule has 1 aliphatic heterocycles. The van der Waals surface area contributed by atoms with E-state index >= 15 is 0 Å². The zero-order valence-corrected chi connectivity index (χ0v) is 11.0. The van der Waals surface area contributed by atoms with E-state index in [4.69, 9.17) is 5.11 Å². The van der Waals surface area contributed by atoms with E-state index in [1.807, 2.05) is 0 Å². The molecule has 1 aliphatic rings. The van der Waals surface area contributed by atoms with Gasteiger partial charge in [-0.05, 0) is 19.3 Å². The summed E-state index contributed by atoms with van der Waals surface area (Å²) in [6, 6.07) is 0. The fourth-order valence-electron chi connectivity index (χ4n) is 1.97. The highest BCUT2D eigenvalue weighted by molar-refractivity contribution is 7.89. The van der Waals surface area contributed by atoms with E-state index in [1.165, 1.54) is 0 Å². The van der Waals surface area contributed by atoms with Gasteiger partial charge in [0, 0.05) is 19.5 Å². The lowest BCUT2D eigenvalue weighted by atomic mass is 9.99. The van der Waals surface area contributed by atoms with Crippen LogP contribution in [0.2, 0.25) is 0 Å². The summed E-state index contributed by atoms with van der Waals surface area (Å²) < 4.78 is 60.4. The number of aliphatic carboxylic acids is 1. The van der Waals surface area contributed by atoms with Gasteiger partial charge in [0.1, 0.15) is 0 Å². The Kier molecular flexibility index (Phi) is 5.19. The Hall–Kier alpha value is -0.830. The molecule has 0 aliphatic carbocycles. The third-order valence-electron chi connectivity index (χ3n) is 3.06. The predicted octanol–water partition coefficient (Wildman–Crippen LogP) is 1.46. The number of rotatable bonds is 5. The van der Waals surface area contributed by atoms with Gasteiger partial charge < -0.3 is 5.11 Å². The third-order valence-corrected chi connectivity index (χ3v) is 5.02. The first-order chi connectivity index (χ1) is 8.62. The zero-order chi connectivity index (χ0) is 14.7. The Labute approximate surface area is 109 Å². The normalized spacial score (nSPS) is 19.5. The quantitative estimate of drug-likeness (QED) is 0.834. The van der Waals surface area contributed by atoms with E-state index in [0.717, 1.165) is 4.31 Å². The fourth-order valence-corrected chi connectivity index (χ4v) is 3.50. The number of alkyl halides is 3. The molecule has 0 atom stereocenters. The Morgan fingerprint density at radius 1 is 1.26 bits per heavy atom. The second-order valence-corrected chi connectivity index (χ2v) is 6.63. The zero-order valence-electron chi connectivity index (χ0n) is 10.2. The first-order valence-electron chi connectivity index (χ1n) is 5.89. The highest BCUT2D eigenvalue weighted by Gasteiger charge is 2.32. The molecule has 1 fully saturated rings. The molecular weight excluding hydrogens is 287 g/mol. The van der Waals surface area contributed by atoms with Crippen LogP contribution in [-0.4, -0.2) is 48.8 Å². The SMILES string of the molecule is O=C(O)C1CCN(S(=O)(=O)CCCC(F)(F)F)CC1. The number of carbonyl (C=O) groups is 1. The van der Waals surface area contributed by atoms with E-state index in [-0.39, 0.29) is 25.9 Å². The average molecular weight is 303 g/mol. The third kappa shape index (κ3) is 5.35. The van der Waals surface area contributed by atoms with E-state index < -0.39 is 46.7 Å². The van der Waals surface area contributed by atoms with Crippen molar-refractivity contribution in [3.8, 4) is 0 Å². The highest BCUT2D eigenvalue weighted by atomic mass is 32.2. The molecule has 0 aromatic heterocycles. The van der Waals surface area contributed by atoms with Crippen LogP contribution in [0.5, 0.6) is 0 Å². The number of piperidine rings is 1. The van der Waals surface area contributed by atoms with Crippen molar-refractivity contribution in [1.29, 1.82) is 0 Å². The molecule has 0 spiro atoms. The summed E-state index contributed by atoms with van der Waals surface area (Å²) in [5.74, 6) is -2.08.